The van der Waals surface area contributed by atoms with E-state index in [1.807, 2.05) is 109 Å². The van der Waals surface area contributed by atoms with Crippen LogP contribution < -0.4 is 37.9 Å². The first-order valence-corrected chi connectivity index (χ1v) is 25.4. The fourth-order valence-electron chi connectivity index (χ4n) is 9.44. The van der Waals surface area contributed by atoms with Gasteiger partial charge >= 0.3 is 0 Å². The van der Waals surface area contributed by atoms with Crippen molar-refractivity contribution in [2.75, 3.05) is 56.9 Å². The lowest BCUT2D eigenvalue weighted by atomic mass is 9.90. The molecule has 0 saturated heterocycles. The Labute approximate surface area is 458 Å². The highest BCUT2D eigenvalue weighted by Crippen LogP contribution is 2.41. The first-order chi connectivity index (χ1) is 38.3. The van der Waals surface area contributed by atoms with Gasteiger partial charge in [0, 0.05) is 22.3 Å². The van der Waals surface area contributed by atoms with Gasteiger partial charge in [0.2, 0.25) is 0 Å². The molecule has 9 rings (SSSR count). The van der Waals surface area contributed by atoms with Gasteiger partial charge in [0.15, 0.2) is 0 Å². The van der Waals surface area contributed by atoms with E-state index >= 15 is 0 Å². The summed E-state index contributed by atoms with van der Waals surface area (Å²) in [5.41, 5.74) is 15.5. The number of benzene rings is 9. The third-order valence-electron chi connectivity index (χ3n) is 13.6. The SMILES string of the molecule is COc1ccc(/C(=C\c2cc(OC)c(/C=C(/c3ccc(OC)cc3)c3ccc(/C(=C/c4cc(OC)c(/C=C(\c5ccccc5)c5ccc(OC)cc5)cc4OC)c4ccc(OC)cc4)cc3)cc2OC)c2ccccc2)cc1. The molecule has 0 unspecified atom stereocenters. The van der Waals surface area contributed by atoms with Gasteiger partial charge in [-0.1, -0.05) is 133 Å². The van der Waals surface area contributed by atoms with E-state index in [0.29, 0.717) is 23.0 Å². The first kappa shape index (κ1) is 53.2. The van der Waals surface area contributed by atoms with Gasteiger partial charge in [0.05, 0.1) is 56.9 Å². The minimum Gasteiger partial charge on any atom is -0.497 e. The summed E-state index contributed by atoms with van der Waals surface area (Å²) < 4.78 is 46.9. The number of ether oxygens (including phenoxy) is 8. The summed E-state index contributed by atoms with van der Waals surface area (Å²) in [4.78, 5) is 0. The quantitative estimate of drug-likeness (QED) is 0.0699. The predicted molar refractivity (Wildman–Crippen MR) is 318 cm³/mol. The maximum Gasteiger partial charge on any atom is 0.126 e. The molecular weight excluding hydrogens is 969 g/mol. The third kappa shape index (κ3) is 12.2. The number of methoxy groups -OCH3 is 8. The van der Waals surface area contributed by atoms with E-state index < -0.39 is 0 Å². The van der Waals surface area contributed by atoms with Crippen LogP contribution in [0.4, 0.5) is 0 Å². The van der Waals surface area contributed by atoms with Gasteiger partial charge in [-0.05, 0) is 164 Å². The van der Waals surface area contributed by atoms with E-state index in [-0.39, 0.29) is 0 Å². The van der Waals surface area contributed by atoms with Crippen molar-refractivity contribution in [1.82, 2.24) is 0 Å². The molecule has 0 bridgehead atoms. The lowest BCUT2D eigenvalue weighted by molar-refractivity contribution is 0.401. The Bertz CT molecular complexity index is 3340. The Kier molecular flexibility index (Phi) is 17.2. The molecule has 0 aliphatic rings. The fraction of sp³-hybridized carbons (Fsp3) is 0.114. The molecule has 9 aromatic rings. The molecule has 78 heavy (non-hydrogen) atoms. The van der Waals surface area contributed by atoms with Crippen molar-refractivity contribution in [3.05, 3.63) is 273 Å². The Balaban J connectivity index is 1.15. The number of hydrogen-bond donors (Lipinski definition) is 0. The first-order valence-electron chi connectivity index (χ1n) is 25.4. The summed E-state index contributed by atoms with van der Waals surface area (Å²) in [5, 5.41) is 0. The summed E-state index contributed by atoms with van der Waals surface area (Å²) in [6, 6.07) is 69.7. The van der Waals surface area contributed by atoms with Crippen LogP contribution in [0.15, 0.2) is 206 Å². The predicted octanol–water partition coefficient (Wildman–Crippen LogP) is 16.1. The maximum absolute atomic E-state index is 6.19. The summed E-state index contributed by atoms with van der Waals surface area (Å²) in [5.74, 6) is 5.83. The molecule has 0 fully saturated rings. The van der Waals surface area contributed by atoms with Crippen LogP contribution in [0.25, 0.3) is 46.6 Å². The van der Waals surface area contributed by atoms with Gasteiger partial charge in [-0.15, -0.1) is 0 Å². The van der Waals surface area contributed by atoms with Gasteiger partial charge in [0.25, 0.3) is 0 Å². The zero-order valence-electron chi connectivity index (χ0n) is 45.2. The smallest absolute Gasteiger partial charge is 0.126 e. The molecule has 0 atom stereocenters. The molecule has 0 aliphatic heterocycles. The minimum atomic E-state index is 0.680. The van der Waals surface area contributed by atoms with Crippen molar-refractivity contribution in [1.29, 1.82) is 0 Å². The minimum absolute atomic E-state index is 0.680. The van der Waals surface area contributed by atoms with Crippen molar-refractivity contribution < 1.29 is 37.9 Å². The number of rotatable bonds is 20. The van der Waals surface area contributed by atoms with Crippen molar-refractivity contribution in [3.8, 4) is 46.0 Å². The Morgan fingerprint density at radius 2 is 0.397 bits per heavy atom. The van der Waals surface area contributed by atoms with Crippen LogP contribution in [0.3, 0.4) is 0 Å². The highest BCUT2D eigenvalue weighted by molar-refractivity contribution is 5.98. The standard InChI is InChI=1S/C70H62O8/c1-71-59-31-23-51(24-32-59)63(47-15-11-9-12-16-47)39-55-43-69(77-7)57(45-67(55)75-5)41-65(53-27-35-61(73-3)36-28-53)49-19-21-50(22-20-49)66(54-29-37-62(74-4)38-30-54)42-58-46-68(76-6)56(44-70(58)78-8)40-64(48-17-13-10-14-18-48)52-25-33-60(72-2)34-26-52/h9-46H,1-8H3/b63-39-,64-40+,65-41+,66-42-. The van der Waals surface area contributed by atoms with Crippen molar-refractivity contribution in [2.45, 2.75) is 0 Å². The molecule has 390 valence electrons. The highest BCUT2D eigenvalue weighted by atomic mass is 16.5. The van der Waals surface area contributed by atoms with Crippen LogP contribution in [-0.2, 0) is 0 Å². The normalized spacial score (nSPS) is 11.9. The van der Waals surface area contributed by atoms with Crippen molar-refractivity contribution in [3.63, 3.8) is 0 Å². The van der Waals surface area contributed by atoms with Gasteiger partial charge in [-0.3, -0.25) is 0 Å². The van der Waals surface area contributed by atoms with Gasteiger partial charge in [-0.2, -0.15) is 0 Å². The summed E-state index contributed by atoms with van der Waals surface area (Å²) in [6.07, 6.45) is 8.59. The van der Waals surface area contributed by atoms with E-state index in [1.165, 1.54) is 0 Å². The van der Waals surface area contributed by atoms with Crippen LogP contribution in [0.5, 0.6) is 46.0 Å². The second kappa shape index (κ2) is 25.2. The number of hydrogen-bond acceptors (Lipinski definition) is 8. The molecule has 8 nitrogen and oxygen atoms in total. The Morgan fingerprint density at radius 1 is 0.218 bits per heavy atom. The van der Waals surface area contributed by atoms with Crippen LogP contribution in [0.2, 0.25) is 0 Å². The van der Waals surface area contributed by atoms with Crippen molar-refractivity contribution >= 4 is 46.6 Å². The largest absolute Gasteiger partial charge is 0.497 e. The zero-order chi connectivity index (χ0) is 54.4. The van der Waals surface area contributed by atoms with Crippen LogP contribution in [0.1, 0.15) is 66.8 Å². The monoisotopic (exact) mass is 1030 g/mol. The molecule has 0 radical (unpaired) electrons. The molecule has 0 aromatic heterocycles. The highest BCUT2D eigenvalue weighted by Gasteiger charge is 2.18. The molecule has 0 spiro atoms. The summed E-state index contributed by atoms with van der Waals surface area (Å²) in [7, 11) is 13.5. The molecule has 0 N–H and O–H groups in total. The topological polar surface area (TPSA) is 73.8 Å². The Hall–Kier alpha value is -9.66. The van der Waals surface area contributed by atoms with Crippen LogP contribution in [0, 0.1) is 0 Å². The molecule has 0 saturated carbocycles. The average molecular weight is 1030 g/mol. The summed E-state index contributed by atoms with van der Waals surface area (Å²) >= 11 is 0. The van der Waals surface area contributed by atoms with E-state index in [2.05, 4.69) is 121 Å². The Morgan fingerprint density at radius 3 is 0.577 bits per heavy atom. The van der Waals surface area contributed by atoms with Crippen molar-refractivity contribution in [2.24, 2.45) is 0 Å². The average Bonchev–Trinajstić information content (AvgIpc) is 3.55. The van der Waals surface area contributed by atoms with Crippen LogP contribution in [-0.4, -0.2) is 56.9 Å². The molecule has 0 heterocycles. The van der Waals surface area contributed by atoms with Gasteiger partial charge in [0.1, 0.15) is 46.0 Å². The molecule has 8 heteroatoms. The van der Waals surface area contributed by atoms with E-state index in [9.17, 15) is 0 Å². The lowest BCUT2D eigenvalue weighted by Gasteiger charge is -2.17. The second-order valence-corrected chi connectivity index (χ2v) is 18.1. The molecule has 0 aliphatic carbocycles. The molecular formula is C70H62O8. The van der Waals surface area contributed by atoms with Crippen LogP contribution >= 0.6 is 0 Å². The molecule has 9 aromatic carbocycles. The van der Waals surface area contributed by atoms with E-state index in [0.717, 1.165) is 112 Å². The lowest BCUT2D eigenvalue weighted by Crippen LogP contribution is -1.97. The van der Waals surface area contributed by atoms with E-state index in [1.54, 1.807) is 56.9 Å². The zero-order valence-corrected chi connectivity index (χ0v) is 45.2. The van der Waals surface area contributed by atoms with Gasteiger partial charge in [-0.25, -0.2) is 0 Å². The fourth-order valence-corrected chi connectivity index (χ4v) is 9.44. The van der Waals surface area contributed by atoms with E-state index in [4.69, 9.17) is 37.9 Å². The summed E-state index contributed by atoms with van der Waals surface area (Å²) in [6.45, 7) is 0. The van der Waals surface area contributed by atoms with Gasteiger partial charge < -0.3 is 37.9 Å². The third-order valence-corrected chi connectivity index (χ3v) is 13.6. The maximum atomic E-state index is 6.19. The second-order valence-electron chi connectivity index (χ2n) is 18.1. The molecule has 0 amide bonds.